The van der Waals surface area contributed by atoms with E-state index < -0.39 is 0 Å². The standard InChI is InChI=1S/C19H25N5O2/c1-13(2)21-18(26)12-22(3)11-17(25)14(10-20)19-23(4)15-8-6-7-9-16(15)24(19)5/h6-9,13H,11-12H2,1-5H3,(H,21,26). The lowest BCUT2D eigenvalue weighted by molar-refractivity contribution is -0.123. The van der Waals surface area contributed by atoms with Gasteiger partial charge in [-0.15, -0.1) is 0 Å². The Kier molecular flexibility index (Phi) is 6.01. The van der Waals surface area contributed by atoms with Crippen LogP contribution in [-0.4, -0.2) is 56.9 Å². The molecule has 0 aromatic heterocycles. The molecule has 0 saturated heterocycles. The third kappa shape index (κ3) is 4.03. The van der Waals surface area contributed by atoms with Gasteiger partial charge >= 0.3 is 0 Å². The maximum atomic E-state index is 12.7. The lowest BCUT2D eigenvalue weighted by Crippen LogP contribution is -2.40. The minimum atomic E-state index is -0.311. The van der Waals surface area contributed by atoms with E-state index in [1.54, 1.807) is 11.9 Å². The average Bonchev–Trinajstić information content (AvgIpc) is 2.80. The van der Waals surface area contributed by atoms with Crippen LogP contribution in [0.5, 0.6) is 0 Å². The van der Waals surface area contributed by atoms with Crippen molar-refractivity contribution < 1.29 is 9.59 Å². The van der Waals surface area contributed by atoms with Gasteiger partial charge in [-0.25, -0.2) is 0 Å². The highest BCUT2D eigenvalue weighted by atomic mass is 16.2. The SMILES string of the molecule is CC(C)NC(=O)CN(C)CC(=O)C(C#N)=C1N(C)c2ccccc2N1C. The number of amides is 1. The zero-order valence-electron chi connectivity index (χ0n) is 15.9. The van der Waals surface area contributed by atoms with Crippen LogP contribution >= 0.6 is 0 Å². The summed E-state index contributed by atoms with van der Waals surface area (Å²) < 4.78 is 0. The molecule has 0 spiro atoms. The molecule has 7 heteroatoms. The summed E-state index contributed by atoms with van der Waals surface area (Å²) >= 11 is 0. The molecule has 0 saturated carbocycles. The van der Waals surface area contributed by atoms with E-state index in [1.165, 1.54) is 0 Å². The highest BCUT2D eigenvalue weighted by Gasteiger charge is 2.31. The number of para-hydroxylation sites is 2. The summed E-state index contributed by atoms with van der Waals surface area (Å²) in [7, 11) is 5.36. The minimum Gasteiger partial charge on any atom is -0.353 e. The zero-order valence-corrected chi connectivity index (χ0v) is 15.9. The minimum absolute atomic E-state index is 0.00403. The quantitative estimate of drug-likeness (QED) is 0.613. The lowest BCUT2D eigenvalue weighted by atomic mass is 10.1. The van der Waals surface area contributed by atoms with E-state index in [0.29, 0.717) is 5.82 Å². The second-order valence-electron chi connectivity index (χ2n) is 6.73. The van der Waals surface area contributed by atoms with Gasteiger partial charge in [-0.3, -0.25) is 14.5 Å². The molecule has 0 fully saturated rings. The first-order chi connectivity index (χ1) is 12.3. The third-order valence-corrected chi connectivity index (χ3v) is 4.13. The molecule has 1 N–H and O–H groups in total. The maximum Gasteiger partial charge on any atom is 0.234 e. The fraction of sp³-hybridized carbons (Fsp3) is 0.421. The molecule has 138 valence electrons. The molecule has 1 aliphatic heterocycles. The van der Waals surface area contributed by atoms with Crippen LogP contribution in [0, 0.1) is 11.3 Å². The van der Waals surface area contributed by atoms with Crippen molar-refractivity contribution in [3.63, 3.8) is 0 Å². The summed E-state index contributed by atoms with van der Waals surface area (Å²) in [6.07, 6.45) is 0. The van der Waals surface area contributed by atoms with Crippen LogP contribution in [0.3, 0.4) is 0 Å². The first-order valence-corrected chi connectivity index (χ1v) is 8.48. The zero-order chi connectivity index (χ0) is 19.4. The number of fused-ring (bicyclic) bond motifs is 1. The van der Waals surface area contributed by atoms with Gasteiger partial charge in [0.05, 0.1) is 24.5 Å². The largest absolute Gasteiger partial charge is 0.353 e. The van der Waals surface area contributed by atoms with Crippen molar-refractivity contribution in [3.8, 4) is 6.07 Å². The Balaban J connectivity index is 2.18. The number of anilines is 2. The van der Waals surface area contributed by atoms with Crippen LogP contribution in [0.15, 0.2) is 35.7 Å². The fourth-order valence-electron chi connectivity index (χ4n) is 3.05. The first kappa shape index (κ1) is 19.5. The summed E-state index contributed by atoms with van der Waals surface area (Å²) in [5.41, 5.74) is 1.97. The summed E-state index contributed by atoms with van der Waals surface area (Å²) in [6.45, 7) is 3.86. The van der Waals surface area contributed by atoms with Gasteiger partial charge in [-0.1, -0.05) is 12.1 Å². The van der Waals surface area contributed by atoms with Gasteiger partial charge in [-0.2, -0.15) is 5.26 Å². The molecule has 0 aliphatic carbocycles. The average molecular weight is 355 g/mol. The van der Waals surface area contributed by atoms with Crippen molar-refractivity contribution in [2.45, 2.75) is 19.9 Å². The molecule has 0 bridgehead atoms. The Morgan fingerprint density at radius 3 is 2.15 bits per heavy atom. The number of Topliss-reactive ketones (excluding diaryl/α,β-unsaturated/α-hetero) is 1. The third-order valence-electron chi connectivity index (χ3n) is 4.13. The Labute approximate surface area is 154 Å². The number of rotatable bonds is 6. The summed E-state index contributed by atoms with van der Waals surface area (Å²) in [6, 6.07) is 9.82. The number of nitriles is 1. The van der Waals surface area contributed by atoms with E-state index in [9.17, 15) is 14.9 Å². The van der Waals surface area contributed by atoms with Crippen LogP contribution in [0.2, 0.25) is 0 Å². The van der Waals surface area contributed by atoms with Crippen LogP contribution in [0.4, 0.5) is 11.4 Å². The maximum absolute atomic E-state index is 12.7. The van der Waals surface area contributed by atoms with Crippen LogP contribution in [-0.2, 0) is 9.59 Å². The molecule has 0 atom stereocenters. The van der Waals surface area contributed by atoms with E-state index in [1.807, 2.05) is 68.1 Å². The van der Waals surface area contributed by atoms with Crippen molar-refractivity contribution in [2.24, 2.45) is 0 Å². The molecule has 1 amide bonds. The van der Waals surface area contributed by atoms with Gasteiger partial charge in [-0.05, 0) is 33.0 Å². The number of carbonyl (C=O) groups excluding carboxylic acids is 2. The number of nitrogens with zero attached hydrogens (tertiary/aromatic N) is 4. The molecule has 0 unspecified atom stereocenters. The number of ketones is 1. The smallest absolute Gasteiger partial charge is 0.234 e. The van der Waals surface area contributed by atoms with E-state index in [2.05, 4.69) is 5.32 Å². The van der Waals surface area contributed by atoms with Crippen LogP contribution < -0.4 is 15.1 Å². The van der Waals surface area contributed by atoms with Gasteiger partial charge in [0.15, 0.2) is 5.78 Å². The summed E-state index contributed by atoms with van der Waals surface area (Å²) in [5, 5.41) is 12.4. The van der Waals surface area contributed by atoms with E-state index in [-0.39, 0.29) is 36.4 Å². The van der Waals surface area contributed by atoms with Gasteiger partial charge in [0.25, 0.3) is 0 Å². The van der Waals surface area contributed by atoms with Crippen molar-refractivity contribution in [3.05, 3.63) is 35.7 Å². The van der Waals surface area contributed by atoms with Crippen molar-refractivity contribution >= 4 is 23.1 Å². The highest BCUT2D eigenvalue weighted by Crippen LogP contribution is 2.40. The Morgan fingerprint density at radius 1 is 1.15 bits per heavy atom. The van der Waals surface area contributed by atoms with Gasteiger partial charge in [0.1, 0.15) is 17.5 Å². The Bertz CT molecular complexity index is 747. The number of nitrogens with one attached hydrogen (secondary N) is 1. The number of carbonyl (C=O) groups is 2. The predicted octanol–water partition coefficient (Wildman–Crippen LogP) is 1.33. The normalized spacial score (nSPS) is 13.1. The van der Waals surface area contributed by atoms with E-state index in [4.69, 9.17) is 0 Å². The lowest BCUT2D eigenvalue weighted by Gasteiger charge is -2.21. The molecule has 26 heavy (non-hydrogen) atoms. The topological polar surface area (TPSA) is 79.7 Å². The second-order valence-corrected chi connectivity index (χ2v) is 6.73. The van der Waals surface area contributed by atoms with Crippen LogP contribution in [0.1, 0.15) is 13.8 Å². The highest BCUT2D eigenvalue weighted by molar-refractivity contribution is 6.03. The first-order valence-electron chi connectivity index (χ1n) is 8.48. The van der Waals surface area contributed by atoms with Crippen molar-refractivity contribution in [2.75, 3.05) is 44.0 Å². The predicted molar refractivity (Wildman–Crippen MR) is 102 cm³/mol. The molecular formula is C19H25N5O2. The number of hydrogen-bond donors (Lipinski definition) is 1. The fourth-order valence-corrected chi connectivity index (χ4v) is 3.05. The molecular weight excluding hydrogens is 330 g/mol. The molecule has 0 radical (unpaired) electrons. The molecule has 1 aromatic carbocycles. The molecule has 1 aromatic rings. The Hall–Kier alpha value is -2.85. The Morgan fingerprint density at radius 2 is 1.69 bits per heavy atom. The monoisotopic (exact) mass is 355 g/mol. The van der Waals surface area contributed by atoms with Gasteiger partial charge in [0, 0.05) is 20.1 Å². The second kappa shape index (κ2) is 8.02. The van der Waals surface area contributed by atoms with E-state index in [0.717, 1.165) is 11.4 Å². The van der Waals surface area contributed by atoms with Crippen LogP contribution in [0.25, 0.3) is 0 Å². The number of benzene rings is 1. The molecule has 2 rings (SSSR count). The van der Waals surface area contributed by atoms with Gasteiger partial charge in [0.2, 0.25) is 5.91 Å². The molecule has 1 heterocycles. The van der Waals surface area contributed by atoms with Gasteiger partial charge < -0.3 is 15.1 Å². The molecule has 1 aliphatic rings. The number of likely N-dealkylation sites (N-methyl/N-ethyl adjacent to an activating group) is 1. The van der Waals surface area contributed by atoms with Crippen molar-refractivity contribution in [1.29, 1.82) is 5.26 Å². The number of hydrogen-bond acceptors (Lipinski definition) is 6. The van der Waals surface area contributed by atoms with Crippen molar-refractivity contribution in [1.82, 2.24) is 10.2 Å². The summed E-state index contributed by atoms with van der Waals surface area (Å²) in [4.78, 5) is 29.8. The molecule has 7 nitrogen and oxygen atoms in total. The van der Waals surface area contributed by atoms with E-state index >= 15 is 0 Å². The summed E-state index contributed by atoms with van der Waals surface area (Å²) in [5.74, 6) is 0.0940.